The molecule has 0 spiro atoms. The van der Waals surface area contributed by atoms with Crippen molar-refractivity contribution in [3.8, 4) is 0 Å². The highest BCUT2D eigenvalue weighted by atomic mass is 79.9. The molecule has 2 aromatic carbocycles. The van der Waals surface area contributed by atoms with Gasteiger partial charge in [0.2, 0.25) is 10.0 Å². The van der Waals surface area contributed by atoms with Gasteiger partial charge in [-0.2, -0.15) is 0 Å². The zero-order valence-electron chi connectivity index (χ0n) is 16.9. The normalized spacial score (nSPS) is 18.4. The van der Waals surface area contributed by atoms with Crippen molar-refractivity contribution in [2.24, 2.45) is 0 Å². The van der Waals surface area contributed by atoms with Crippen LogP contribution >= 0.6 is 31.9 Å². The van der Waals surface area contributed by atoms with Crippen molar-refractivity contribution < 1.29 is 27.9 Å². The van der Waals surface area contributed by atoms with Gasteiger partial charge in [0.05, 0.1) is 10.9 Å². The Labute approximate surface area is 202 Å². The van der Waals surface area contributed by atoms with Gasteiger partial charge in [-0.25, -0.2) is 22.7 Å². The van der Waals surface area contributed by atoms with Crippen molar-refractivity contribution in [2.45, 2.75) is 30.3 Å². The first-order valence-electron chi connectivity index (χ1n) is 9.53. The summed E-state index contributed by atoms with van der Waals surface area (Å²) >= 11 is 6.47. The van der Waals surface area contributed by atoms with Crippen LogP contribution in [0.25, 0.3) is 0 Å². The first-order chi connectivity index (χ1) is 15.1. The van der Waals surface area contributed by atoms with Gasteiger partial charge in [0.15, 0.2) is 0 Å². The Bertz CT molecular complexity index is 1130. The van der Waals surface area contributed by atoms with Crippen molar-refractivity contribution >= 4 is 59.8 Å². The Hall–Kier alpha value is -2.15. The fourth-order valence-corrected chi connectivity index (χ4v) is 6.13. The summed E-state index contributed by atoms with van der Waals surface area (Å²) in [4.78, 5) is 24.9. The largest absolute Gasteiger partial charge is 0.465 e. The average Bonchev–Trinajstić information content (AvgIpc) is 3.12. The molecule has 2 aromatic rings. The monoisotopic (exact) mass is 589 g/mol. The van der Waals surface area contributed by atoms with E-state index in [2.05, 4.69) is 41.9 Å². The third kappa shape index (κ3) is 6.00. The molecule has 172 valence electrons. The third-order valence-electron chi connectivity index (χ3n) is 4.95. The second kappa shape index (κ2) is 10.2. The van der Waals surface area contributed by atoms with Gasteiger partial charge in [-0.15, -0.1) is 0 Å². The molecule has 0 bridgehead atoms. The Morgan fingerprint density at radius 1 is 1.22 bits per heavy atom. The molecule has 0 unspecified atom stereocenters. The number of hydrogen-bond acceptors (Lipinski definition) is 5. The van der Waals surface area contributed by atoms with Crippen LogP contribution < -0.4 is 10.0 Å². The van der Waals surface area contributed by atoms with Gasteiger partial charge >= 0.3 is 12.2 Å². The summed E-state index contributed by atoms with van der Waals surface area (Å²) in [5.74, 6) is 0. The topological polar surface area (TPSA) is 125 Å². The number of aryl methyl sites for hydroxylation is 1. The van der Waals surface area contributed by atoms with Gasteiger partial charge in [0, 0.05) is 27.2 Å². The number of likely N-dealkylation sites (tertiary alicyclic amines) is 1. The molecule has 0 aromatic heterocycles. The molecule has 1 saturated heterocycles. The number of nitrogens with zero attached hydrogens (tertiary/aromatic N) is 1. The molecule has 12 heteroatoms. The number of carbonyl (C=O) groups is 2. The van der Waals surface area contributed by atoms with Gasteiger partial charge in [0.1, 0.15) is 6.61 Å². The summed E-state index contributed by atoms with van der Waals surface area (Å²) < 4.78 is 34.4. The van der Waals surface area contributed by atoms with E-state index in [1.165, 1.54) is 6.07 Å². The van der Waals surface area contributed by atoms with E-state index in [-0.39, 0.29) is 24.5 Å². The number of nitrogens with one attached hydrogen (secondary N) is 2. The molecule has 1 aliphatic heterocycles. The van der Waals surface area contributed by atoms with Gasteiger partial charge in [-0.05, 0) is 59.1 Å². The van der Waals surface area contributed by atoms with Gasteiger partial charge in [-0.3, -0.25) is 5.32 Å². The molecule has 1 fully saturated rings. The van der Waals surface area contributed by atoms with Crippen LogP contribution in [0.4, 0.5) is 15.3 Å². The van der Waals surface area contributed by atoms with Crippen molar-refractivity contribution in [2.75, 3.05) is 18.5 Å². The lowest BCUT2D eigenvalue weighted by molar-refractivity contribution is 0.102. The molecular weight excluding hydrogens is 570 g/mol. The highest BCUT2D eigenvalue weighted by Crippen LogP contribution is 2.27. The molecule has 1 aliphatic rings. The quantitative estimate of drug-likeness (QED) is 0.464. The number of benzene rings is 2. The van der Waals surface area contributed by atoms with Gasteiger partial charge in [0.25, 0.3) is 0 Å². The molecule has 32 heavy (non-hydrogen) atoms. The lowest BCUT2D eigenvalue weighted by Gasteiger charge is -2.21. The minimum atomic E-state index is -3.91. The number of amides is 2. The second-order valence-corrected chi connectivity index (χ2v) is 10.7. The van der Waals surface area contributed by atoms with Crippen molar-refractivity contribution in [1.29, 1.82) is 0 Å². The Morgan fingerprint density at radius 2 is 1.94 bits per heavy atom. The first kappa shape index (κ1) is 24.5. The lowest BCUT2D eigenvalue weighted by atomic mass is 10.2. The summed E-state index contributed by atoms with van der Waals surface area (Å²) in [5.41, 5.74) is 1.44. The molecule has 2 atom stereocenters. The van der Waals surface area contributed by atoms with E-state index in [9.17, 15) is 23.1 Å². The van der Waals surface area contributed by atoms with Crippen LogP contribution in [0.5, 0.6) is 0 Å². The molecule has 0 saturated carbocycles. The van der Waals surface area contributed by atoms with E-state index < -0.39 is 34.3 Å². The summed E-state index contributed by atoms with van der Waals surface area (Å²) in [6.45, 7) is 1.57. The number of hydrogen-bond donors (Lipinski definition) is 3. The average molecular weight is 591 g/mol. The number of halogens is 2. The maximum Gasteiger partial charge on any atom is 0.411 e. The van der Waals surface area contributed by atoms with Crippen LogP contribution in [-0.4, -0.2) is 55.8 Å². The number of rotatable bonds is 6. The molecule has 3 rings (SSSR count). The fraction of sp³-hybridized carbons (Fsp3) is 0.300. The van der Waals surface area contributed by atoms with E-state index in [1.54, 1.807) is 24.3 Å². The van der Waals surface area contributed by atoms with Crippen LogP contribution in [0, 0.1) is 6.92 Å². The van der Waals surface area contributed by atoms with E-state index in [4.69, 9.17) is 4.74 Å². The summed E-state index contributed by atoms with van der Waals surface area (Å²) in [6.07, 6.45) is -1.77. The maximum atomic E-state index is 12.8. The predicted molar refractivity (Wildman–Crippen MR) is 125 cm³/mol. The van der Waals surface area contributed by atoms with Crippen LogP contribution in [0.15, 0.2) is 56.3 Å². The summed E-state index contributed by atoms with van der Waals surface area (Å²) in [7, 11) is -3.91. The molecule has 0 radical (unpaired) electrons. The van der Waals surface area contributed by atoms with Gasteiger partial charge < -0.3 is 14.7 Å². The zero-order chi connectivity index (χ0) is 23.5. The Morgan fingerprint density at radius 3 is 2.62 bits per heavy atom. The third-order valence-corrected chi connectivity index (χ3v) is 7.96. The van der Waals surface area contributed by atoms with Crippen LogP contribution in [0.2, 0.25) is 0 Å². The van der Waals surface area contributed by atoms with Gasteiger partial charge in [-0.1, -0.05) is 34.1 Å². The molecule has 1 heterocycles. The van der Waals surface area contributed by atoms with Crippen LogP contribution in [0.3, 0.4) is 0 Å². The number of para-hydroxylation sites is 1. The van der Waals surface area contributed by atoms with Crippen molar-refractivity contribution in [1.82, 2.24) is 9.62 Å². The fourth-order valence-electron chi connectivity index (χ4n) is 3.39. The second-order valence-electron chi connectivity index (χ2n) is 7.26. The van der Waals surface area contributed by atoms with Crippen molar-refractivity contribution in [3.63, 3.8) is 0 Å². The summed E-state index contributed by atoms with van der Waals surface area (Å²) in [6, 6.07) is 10.5. The van der Waals surface area contributed by atoms with E-state index >= 15 is 0 Å². The SMILES string of the molecule is Cc1ccccc1NC(=O)OC[C@H]1C[C@@H](NS(=O)(=O)c2cc(Br)ccc2Br)CN1C(=O)O. The Kier molecular flexibility index (Phi) is 7.80. The standard InChI is InChI=1S/C20H21Br2N3O6S/c1-12-4-2-3-5-17(12)23-19(26)31-11-15-9-14(10-25(15)20(27)28)24-32(29,30)18-8-13(21)6-7-16(18)22/h2-8,14-15,24H,9-11H2,1H3,(H,23,26)(H,27,28)/t14-,15-/m1/s1. The van der Waals surface area contributed by atoms with E-state index in [0.717, 1.165) is 10.5 Å². The molecule has 2 amide bonds. The number of carboxylic acid groups (broad SMARTS) is 1. The molecule has 0 aliphatic carbocycles. The molecule has 9 nitrogen and oxygen atoms in total. The maximum absolute atomic E-state index is 12.8. The minimum absolute atomic E-state index is 0.0334. The smallest absolute Gasteiger partial charge is 0.411 e. The highest BCUT2D eigenvalue weighted by molar-refractivity contribution is 9.11. The first-order valence-corrected chi connectivity index (χ1v) is 12.6. The minimum Gasteiger partial charge on any atom is -0.465 e. The number of anilines is 1. The van der Waals surface area contributed by atoms with Crippen LogP contribution in [0.1, 0.15) is 12.0 Å². The zero-order valence-corrected chi connectivity index (χ0v) is 20.9. The van der Waals surface area contributed by atoms with Crippen LogP contribution in [-0.2, 0) is 14.8 Å². The van der Waals surface area contributed by atoms with E-state index in [0.29, 0.717) is 14.6 Å². The number of sulfonamides is 1. The number of ether oxygens (including phenoxy) is 1. The molecular formula is C20H21Br2N3O6S. The predicted octanol–water partition coefficient (Wildman–Crippen LogP) is 4.17. The van der Waals surface area contributed by atoms with Crippen molar-refractivity contribution in [3.05, 3.63) is 57.0 Å². The molecule has 3 N–H and O–H groups in total. The van der Waals surface area contributed by atoms with E-state index in [1.807, 2.05) is 19.1 Å². The highest BCUT2D eigenvalue weighted by Gasteiger charge is 2.38. The Balaban J connectivity index is 1.64. The number of carbonyl (C=O) groups excluding carboxylic acids is 1. The summed E-state index contributed by atoms with van der Waals surface area (Å²) in [5, 5.41) is 12.1. The lowest BCUT2D eigenvalue weighted by Crippen LogP contribution is -2.40.